The molecular formula is C20H20F2N4O3S2. The van der Waals surface area contributed by atoms with Gasteiger partial charge in [0.15, 0.2) is 5.82 Å². The highest BCUT2D eigenvalue weighted by Crippen LogP contribution is 2.28. The number of anilines is 1. The number of nitrogens with zero attached hydrogens (tertiary/aromatic N) is 2. The number of halogens is 2. The number of hydrogen-bond donors (Lipinski definition) is 2. The van der Waals surface area contributed by atoms with Crippen LogP contribution in [0.25, 0.3) is 10.2 Å². The van der Waals surface area contributed by atoms with Gasteiger partial charge in [0.2, 0.25) is 15.2 Å². The molecule has 1 aromatic heterocycles. The largest absolute Gasteiger partial charge is 0.273 e. The van der Waals surface area contributed by atoms with Gasteiger partial charge in [0.1, 0.15) is 11.3 Å². The summed E-state index contributed by atoms with van der Waals surface area (Å²) < 4.78 is 54.6. The second kappa shape index (κ2) is 8.48. The summed E-state index contributed by atoms with van der Waals surface area (Å²) in [6.45, 7) is 2.38. The summed E-state index contributed by atoms with van der Waals surface area (Å²) in [6.07, 6.45) is 2.67. The number of rotatable bonds is 5. The minimum atomic E-state index is -3.62. The molecule has 3 aromatic rings. The summed E-state index contributed by atoms with van der Waals surface area (Å²) in [7, 11) is -3.62. The first kappa shape index (κ1) is 21.6. The first-order valence-electron chi connectivity index (χ1n) is 9.69. The molecule has 1 aliphatic heterocycles. The lowest BCUT2D eigenvalue weighted by molar-refractivity contribution is 0.0962. The Hall–Kier alpha value is -2.63. The number of amides is 1. The maximum atomic E-state index is 13.8. The number of hydrogen-bond acceptors (Lipinski definition) is 6. The van der Waals surface area contributed by atoms with Gasteiger partial charge in [0.25, 0.3) is 5.91 Å². The fraction of sp³-hybridized carbons (Fsp3) is 0.300. The van der Waals surface area contributed by atoms with Crippen LogP contribution in [0.4, 0.5) is 13.9 Å². The SMILES string of the molecule is C[C@H]1CCCCN1S(=O)(=O)c1ccc(C(=O)NNc2nc3c(F)cc(F)cc3s2)cc1. The van der Waals surface area contributed by atoms with Gasteiger partial charge in [-0.15, -0.1) is 0 Å². The number of piperidine rings is 1. The van der Waals surface area contributed by atoms with E-state index in [1.165, 1.54) is 28.6 Å². The summed E-state index contributed by atoms with van der Waals surface area (Å²) in [4.78, 5) is 16.5. The Bertz CT molecular complexity index is 1230. The quantitative estimate of drug-likeness (QED) is 0.557. The van der Waals surface area contributed by atoms with Crippen LogP contribution in [0.5, 0.6) is 0 Å². The van der Waals surface area contributed by atoms with E-state index in [1.807, 2.05) is 6.92 Å². The first-order chi connectivity index (χ1) is 14.8. The minimum Gasteiger partial charge on any atom is -0.273 e. The van der Waals surface area contributed by atoms with E-state index in [2.05, 4.69) is 15.8 Å². The van der Waals surface area contributed by atoms with E-state index >= 15 is 0 Å². The number of carbonyl (C=O) groups is 1. The van der Waals surface area contributed by atoms with Crippen LogP contribution in [0.15, 0.2) is 41.3 Å². The van der Waals surface area contributed by atoms with Crippen molar-refractivity contribution in [1.29, 1.82) is 0 Å². The standard InChI is InChI=1S/C20H20F2N4O3S2/c1-12-4-2-3-9-26(12)31(28,29)15-7-5-13(6-8-15)19(27)24-25-20-23-18-16(22)10-14(21)11-17(18)30-20/h5-8,10-12H,2-4,9H2,1H3,(H,23,25)(H,24,27)/t12-/m0/s1. The molecule has 1 aliphatic rings. The van der Waals surface area contributed by atoms with Gasteiger partial charge < -0.3 is 0 Å². The molecule has 2 aromatic carbocycles. The average Bonchev–Trinajstić information content (AvgIpc) is 3.15. The van der Waals surface area contributed by atoms with E-state index in [9.17, 15) is 22.0 Å². The molecule has 2 N–H and O–H groups in total. The highest BCUT2D eigenvalue weighted by molar-refractivity contribution is 7.89. The van der Waals surface area contributed by atoms with Crippen LogP contribution in [0.3, 0.4) is 0 Å². The zero-order chi connectivity index (χ0) is 22.2. The van der Waals surface area contributed by atoms with E-state index in [4.69, 9.17) is 0 Å². The summed E-state index contributed by atoms with van der Waals surface area (Å²) in [6, 6.07) is 7.49. The highest BCUT2D eigenvalue weighted by atomic mass is 32.2. The molecule has 1 atom stereocenters. The third kappa shape index (κ3) is 4.39. The van der Waals surface area contributed by atoms with Gasteiger partial charge in [-0.3, -0.25) is 15.6 Å². The van der Waals surface area contributed by atoms with Crippen molar-refractivity contribution in [2.24, 2.45) is 0 Å². The van der Waals surface area contributed by atoms with Crippen molar-refractivity contribution < 1.29 is 22.0 Å². The normalized spacial score (nSPS) is 17.6. The summed E-state index contributed by atoms with van der Waals surface area (Å²) in [5.41, 5.74) is 5.23. The van der Waals surface area contributed by atoms with Crippen LogP contribution in [0.1, 0.15) is 36.5 Å². The van der Waals surface area contributed by atoms with Crippen molar-refractivity contribution in [3.05, 3.63) is 53.6 Å². The molecule has 0 saturated carbocycles. The minimum absolute atomic E-state index is 0.00431. The zero-order valence-electron chi connectivity index (χ0n) is 16.6. The number of aromatic nitrogens is 1. The van der Waals surface area contributed by atoms with Crippen LogP contribution in [0, 0.1) is 11.6 Å². The summed E-state index contributed by atoms with van der Waals surface area (Å²) in [5.74, 6) is -2.02. The van der Waals surface area contributed by atoms with Gasteiger partial charge in [-0.2, -0.15) is 4.31 Å². The molecule has 0 unspecified atom stereocenters. The third-order valence-corrected chi connectivity index (χ3v) is 8.11. The zero-order valence-corrected chi connectivity index (χ0v) is 18.2. The van der Waals surface area contributed by atoms with Crippen LogP contribution in [-0.2, 0) is 10.0 Å². The van der Waals surface area contributed by atoms with Gasteiger partial charge in [-0.1, -0.05) is 17.8 Å². The smallest absolute Gasteiger partial charge is 0.269 e. The molecule has 1 saturated heterocycles. The lowest BCUT2D eigenvalue weighted by Gasteiger charge is -2.32. The summed E-state index contributed by atoms with van der Waals surface area (Å²) >= 11 is 0.983. The van der Waals surface area contributed by atoms with Crippen LogP contribution in [0.2, 0.25) is 0 Å². The molecule has 1 amide bonds. The number of nitrogens with one attached hydrogen (secondary N) is 2. The Balaban J connectivity index is 1.44. The Morgan fingerprint density at radius 1 is 1.19 bits per heavy atom. The average molecular weight is 467 g/mol. The number of hydrazine groups is 1. The van der Waals surface area contributed by atoms with E-state index in [1.54, 1.807) is 0 Å². The van der Waals surface area contributed by atoms with Crippen molar-refractivity contribution in [1.82, 2.24) is 14.7 Å². The first-order valence-corrected chi connectivity index (χ1v) is 12.0. The van der Waals surface area contributed by atoms with Gasteiger partial charge in [0.05, 0.1) is 9.60 Å². The van der Waals surface area contributed by atoms with Crippen molar-refractivity contribution in [3.63, 3.8) is 0 Å². The molecule has 11 heteroatoms. The molecule has 2 heterocycles. The lowest BCUT2D eigenvalue weighted by Crippen LogP contribution is -2.41. The van der Waals surface area contributed by atoms with Crippen molar-refractivity contribution >= 4 is 42.6 Å². The van der Waals surface area contributed by atoms with Crippen molar-refractivity contribution in [2.75, 3.05) is 12.0 Å². The monoisotopic (exact) mass is 466 g/mol. The van der Waals surface area contributed by atoms with E-state index in [0.717, 1.165) is 42.7 Å². The molecule has 0 radical (unpaired) electrons. The molecular weight excluding hydrogens is 446 g/mol. The Labute approximate surface area is 182 Å². The number of sulfonamides is 1. The highest BCUT2D eigenvalue weighted by Gasteiger charge is 2.30. The number of thiazole rings is 1. The van der Waals surface area contributed by atoms with E-state index in [0.29, 0.717) is 11.2 Å². The third-order valence-electron chi connectivity index (χ3n) is 5.16. The van der Waals surface area contributed by atoms with Gasteiger partial charge in [-0.25, -0.2) is 22.2 Å². The lowest BCUT2D eigenvalue weighted by atomic mass is 10.1. The fourth-order valence-electron chi connectivity index (χ4n) is 3.54. The van der Waals surface area contributed by atoms with Crippen molar-refractivity contribution in [2.45, 2.75) is 37.1 Å². The predicted molar refractivity (Wildman–Crippen MR) is 114 cm³/mol. The molecule has 1 fully saturated rings. The van der Waals surface area contributed by atoms with Crippen molar-refractivity contribution in [3.8, 4) is 0 Å². The van der Waals surface area contributed by atoms with Gasteiger partial charge >= 0.3 is 0 Å². The molecule has 7 nitrogen and oxygen atoms in total. The van der Waals surface area contributed by atoms with Crippen LogP contribution >= 0.6 is 11.3 Å². The second-order valence-corrected chi connectivity index (χ2v) is 10.2. The number of benzene rings is 2. The van der Waals surface area contributed by atoms with E-state index in [-0.39, 0.29) is 27.1 Å². The molecule has 31 heavy (non-hydrogen) atoms. The van der Waals surface area contributed by atoms with Gasteiger partial charge in [-0.05, 0) is 50.1 Å². The second-order valence-electron chi connectivity index (χ2n) is 7.32. The Kier molecular flexibility index (Phi) is 5.91. The molecule has 0 spiro atoms. The summed E-state index contributed by atoms with van der Waals surface area (Å²) in [5, 5.41) is 0.186. The molecule has 164 valence electrons. The number of carbonyl (C=O) groups excluding carboxylic acids is 1. The molecule has 0 aliphatic carbocycles. The molecule has 0 bridgehead atoms. The van der Waals surface area contributed by atoms with Crippen LogP contribution in [-0.4, -0.2) is 36.2 Å². The van der Waals surface area contributed by atoms with Crippen LogP contribution < -0.4 is 10.9 Å². The maximum absolute atomic E-state index is 13.8. The topological polar surface area (TPSA) is 91.4 Å². The predicted octanol–water partition coefficient (Wildman–Crippen LogP) is 3.89. The number of fused-ring (bicyclic) bond motifs is 1. The molecule has 4 rings (SSSR count). The fourth-order valence-corrected chi connectivity index (χ4v) is 6.09. The van der Waals surface area contributed by atoms with E-state index < -0.39 is 27.6 Å². The van der Waals surface area contributed by atoms with Gasteiger partial charge in [0, 0.05) is 24.2 Å². The Morgan fingerprint density at radius 3 is 2.65 bits per heavy atom. The maximum Gasteiger partial charge on any atom is 0.269 e. The Morgan fingerprint density at radius 2 is 1.94 bits per heavy atom.